The maximum absolute atomic E-state index is 13.7. The third-order valence-corrected chi connectivity index (χ3v) is 6.85. The molecule has 0 bridgehead atoms. The molecule has 3 N–H and O–H groups in total. The molecule has 0 aliphatic carbocycles. The van der Waals surface area contributed by atoms with E-state index >= 15 is 0 Å². The maximum atomic E-state index is 13.7. The number of aliphatic hydroxyl groups excluding tert-OH is 3. The number of hydrogen-bond acceptors (Lipinski definition) is 9. The van der Waals surface area contributed by atoms with Crippen LogP contribution in [0.1, 0.15) is 23.4 Å². The number of ether oxygens (including phenoxy) is 1. The second-order valence-electron chi connectivity index (χ2n) is 8.00. The van der Waals surface area contributed by atoms with Crippen molar-refractivity contribution in [3.8, 4) is 16.4 Å². The standard InChI is InChI=1S/C21H18ClF3N6O4S/c22-10-1-2-11(21(23,24)25)14(7-10)31-13(3-4-27-31)19-18(34)16(17(33)15(9-32)35-19)30-8-12(28-29-30)20-26-5-6-36-20/h1-8,15-19,32-34H,9H2/t15?,16-,17-,18?,19-/m0/s1. The minimum absolute atomic E-state index is 0.0448. The van der Waals surface area contributed by atoms with Gasteiger partial charge in [-0.15, -0.1) is 16.4 Å². The van der Waals surface area contributed by atoms with E-state index in [9.17, 15) is 28.5 Å². The molecule has 4 aromatic rings. The Labute approximate surface area is 210 Å². The van der Waals surface area contributed by atoms with Gasteiger partial charge >= 0.3 is 6.18 Å². The van der Waals surface area contributed by atoms with Crippen LogP contribution in [0.2, 0.25) is 5.02 Å². The number of rotatable bonds is 5. The summed E-state index contributed by atoms with van der Waals surface area (Å²) in [5, 5.41) is 46.4. The average Bonchev–Trinajstić information content (AvgIpc) is 3.60. The van der Waals surface area contributed by atoms with Crippen LogP contribution in [-0.4, -0.2) is 70.0 Å². The van der Waals surface area contributed by atoms with Crippen LogP contribution in [0.3, 0.4) is 0 Å². The molecular formula is C21H18ClF3N6O4S. The van der Waals surface area contributed by atoms with Crippen molar-refractivity contribution >= 4 is 22.9 Å². The predicted octanol–water partition coefficient (Wildman–Crippen LogP) is 2.65. The molecule has 1 aliphatic heterocycles. The fourth-order valence-electron chi connectivity index (χ4n) is 4.18. The highest BCUT2D eigenvalue weighted by molar-refractivity contribution is 7.13. The van der Waals surface area contributed by atoms with Gasteiger partial charge in [0.1, 0.15) is 41.2 Å². The lowest BCUT2D eigenvalue weighted by molar-refractivity contribution is -0.209. The van der Waals surface area contributed by atoms with Gasteiger partial charge < -0.3 is 20.1 Å². The lowest BCUT2D eigenvalue weighted by Gasteiger charge is -2.42. The van der Waals surface area contributed by atoms with E-state index in [1.54, 1.807) is 11.6 Å². The molecule has 5 rings (SSSR count). The summed E-state index contributed by atoms with van der Waals surface area (Å²) in [6.45, 7) is -0.631. The molecule has 0 amide bonds. The van der Waals surface area contributed by atoms with Gasteiger partial charge in [0, 0.05) is 22.8 Å². The van der Waals surface area contributed by atoms with Crippen LogP contribution >= 0.6 is 22.9 Å². The number of benzene rings is 1. The molecular weight excluding hydrogens is 525 g/mol. The Hall–Kier alpha value is -2.88. The quantitative estimate of drug-likeness (QED) is 0.351. The summed E-state index contributed by atoms with van der Waals surface area (Å²) in [5.41, 5.74) is -0.930. The van der Waals surface area contributed by atoms with Crippen molar-refractivity contribution in [2.75, 3.05) is 6.61 Å². The zero-order valence-electron chi connectivity index (χ0n) is 18.1. The van der Waals surface area contributed by atoms with E-state index in [2.05, 4.69) is 20.4 Å². The van der Waals surface area contributed by atoms with Crippen LogP contribution in [-0.2, 0) is 10.9 Å². The maximum Gasteiger partial charge on any atom is 0.418 e. The first-order chi connectivity index (χ1) is 17.2. The van der Waals surface area contributed by atoms with Gasteiger partial charge in [0.25, 0.3) is 0 Å². The number of hydrogen-bond donors (Lipinski definition) is 3. The summed E-state index contributed by atoms with van der Waals surface area (Å²) in [6, 6.07) is 3.26. The fourth-order valence-corrected chi connectivity index (χ4v) is 4.93. The molecule has 3 aromatic heterocycles. The molecule has 36 heavy (non-hydrogen) atoms. The SMILES string of the molecule is OCC1O[C@@H](c2ccnn2-c2cc(Cl)ccc2C(F)(F)F)C(O)[C@@H](n2cc(-c3nccs3)nn2)[C@H]1O. The first kappa shape index (κ1) is 24.8. The summed E-state index contributed by atoms with van der Waals surface area (Å²) in [7, 11) is 0. The molecule has 1 aromatic carbocycles. The van der Waals surface area contributed by atoms with Gasteiger partial charge in [-0.1, -0.05) is 16.8 Å². The molecule has 0 radical (unpaired) electrons. The van der Waals surface area contributed by atoms with Gasteiger partial charge in [0.15, 0.2) is 0 Å². The van der Waals surface area contributed by atoms with E-state index in [4.69, 9.17) is 16.3 Å². The predicted molar refractivity (Wildman–Crippen MR) is 120 cm³/mol. The molecule has 4 heterocycles. The lowest BCUT2D eigenvalue weighted by atomic mass is 9.91. The number of aliphatic hydroxyl groups is 3. The summed E-state index contributed by atoms with van der Waals surface area (Å²) in [6.07, 6.45) is -5.83. The zero-order chi connectivity index (χ0) is 25.6. The van der Waals surface area contributed by atoms with E-state index < -0.39 is 48.8 Å². The smallest absolute Gasteiger partial charge is 0.394 e. The summed E-state index contributed by atoms with van der Waals surface area (Å²) in [5.74, 6) is 0. The molecule has 1 aliphatic rings. The highest BCUT2D eigenvalue weighted by Gasteiger charge is 2.48. The number of alkyl halides is 3. The van der Waals surface area contributed by atoms with Gasteiger partial charge in [-0.3, -0.25) is 0 Å². The molecule has 1 fully saturated rings. The Morgan fingerprint density at radius 2 is 1.94 bits per heavy atom. The normalized spacial score (nSPS) is 24.8. The first-order valence-corrected chi connectivity index (χ1v) is 11.8. The molecule has 2 unspecified atom stereocenters. The van der Waals surface area contributed by atoms with Crippen molar-refractivity contribution in [3.63, 3.8) is 0 Å². The highest BCUT2D eigenvalue weighted by atomic mass is 35.5. The van der Waals surface area contributed by atoms with Gasteiger partial charge in [-0.05, 0) is 24.3 Å². The largest absolute Gasteiger partial charge is 0.418 e. The van der Waals surface area contributed by atoms with Crippen LogP contribution in [0.5, 0.6) is 0 Å². The van der Waals surface area contributed by atoms with Crippen molar-refractivity contribution < 1.29 is 33.2 Å². The lowest BCUT2D eigenvalue weighted by Crippen LogP contribution is -2.53. The van der Waals surface area contributed by atoms with Gasteiger partial charge in [-0.2, -0.15) is 18.3 Å². The van der Waals surface area contributed by atoms with Crippen LogP contribution in [0, 0.1) is 0 Å². The topological polar surface area (TPSA) is 131 Å². The minimum Gasteiger partial charge on any atom is -0.394 e. The van der Waals surface area contributed by atoms with Crippen molar-refractivity contribution in [1.29, 1.82) is 0 Å². The summed E-state index contributed by atoms with van der Waals surface area (Å²) >= 11 is 7.30. The molecule has 5 atom stereocenters. The number of nitrogens with zero attached hydrogens (tertiary/aromatic N) is 6. The van der Waals surface area contributed by atoms with E-state index in [1.807, 2.05) is 0 Å². The van der Waals surface area contributed by atoms with E-state index in [0.29, 0.717) is 10.7 Å². The van der Waals surface area contributed by atoms with E-state index in [-0.39, 0.29) is 16.4 Å². The van der Waals surface area contributed by atoms with Crippen molar-refractivity contribution in [2.24, 2.45) is 0 Å². The van der Waals surface area contributed by atoms with Gasteiger partial charge in [0.05, 0.1) is 29.7 Å². The molecule has 15 heteroatoms. The molecule has 1 saturated heterocycles. The number of halogens is 4. The van der Waals surface area contributed by atoms with Crippen molar-refractivity contribution in [2.45, 2.75) is 36.6 Å². The van der Waals surface area contributed by atoms with E-state index in [0.717, 1.165) is 22.9 Å². The Morgan fingerprint density at radius 3 is 2.64 bits per heavy atom. The number of thiazole rings is 1. The van der Waals surface area contributed by atoms with Crippen LogP contribution in [0.4, 0.5) is 13.2 Å². The Kier molecular flexibility index (Phi) is 6.57. The average molecular weight is 543 g/mol. The van der Waals surface area contributed by atoms with E-state index in [1.165, 1.54) is 34.5 Å². The molecule has 0 spiro atoms. The monoisotopic (exact) mass is 542 g/mol. The Balaban J connectivity index is 1.56. The van der Waals surface area contributed by atoms with Crippen LogP contribution in [0.25, 0.3) is 16.4 Å². The second-order valence-corrected chi connectivity index (χ2v) is 9.33. The number of aromatic nitrogens is 6. The zero-order valence-corrected chi connectivity index (χ0v) is 19.6. The van der Waals surface area contributed by atoms with Gasteiger partial charge in [0.2, 0.25) is 0 Å². The fraction of sp³-hybridized carbons (Fsp3) is 0.333. The van der Waals surface area contributed by atoms with Crippen molar-refractivity contribution in [3.05, 3.63) is 64.5 Å². The first-order valence-electron chi connectivity index (χ1n) is 10.5. The Morgan fingerprint density at radius 1 is 1.14 bits per heavy atom. The molecule has 190 valence electrons. The molecule has 10 nitrogen and oxygen atoms in total. The summed E-state index contributed by atoms with van der Waals surface area (Å²) < 4.78 is 49.2. The minimum atomic E-state index is -4.71. The van der Waals surface area contributed by atoms with Gasteiger partial charge in [-0.25, -0.2) is 14.3 Å². The van der Waals surface area contributed by atoms with Crippen molar-refractivity contribution in [1.82, 2.24) is 29.8 Å². The third kappa shape index (κ3) is 4.40. The highest BCUT2D eigenvalue weighted by Crippen LogP contribution is 2.41. The third-order valence-electron chi connectivity index (χ3n) is 5.82. The molecule has 0 saturated carbocycles. The Bertz CT molecular complexity index is 1350. The van der Waals surface area contributed by atoms with Crippen LogP contribution in [0.15, 0.2) is 48.2 Å². The summed E-state index contributed by atoms with van der Waals surface area (Å²) in [4.78, 5) is 4.15. The van der Waals surface area contributed by atoms with Crippen LogP contribution < -0.4 is 0 Å². The second kappa shape index (κ2) is 9.53.